The zero-order valence-corrected chi connectivity index (χ0v) is 16.4. The summed E-state index contributed by atoms with van der Waals surface area (Å²) < 4.78 is 0. The molecule has 0 saturated carbocycles. The quantitative estimate of drug-likeness (QED) is 0.342. The van der Waals surface area contributed by atoms with Crippen LogP contribution in [0.2, 0.25) is 0 Å². The molecule has 0 aromatic carbocycles. The highest BCUT2D eigenvalue weighted by molar-refractivity contribution is 5.92. The molecule has 0 radical (unpaired) electrons. The van der Waals surface area contributed by atoms with Crippen LogP contribution in [0.15, 0.2) is 0 Å². The lowest BCUT2D eigenvalue weighted by Gasteiger charge is -2.30. The molecule has 3 atom stereocenters. The van der Waals surface area contributed by atoms with Gasteiger partial charge in [-0.3, -0.25) is 19.6 Å². The van der Waals surface area contributed by atoms with E-state index in [1.807, 2.05) is 13.8 Å². The van der Waals surface area contributed by atoms with Crippen molar-refractivity contribution in [3.8, 4) is 0 Å². The van der Waals surface area contributed by atoms with Crippen LogP contribution in [0.3, 0.4) is 0 Å². The Kier molecular flexibility index (Phi) is 8.68. The van der Waals surface area contributed by atoms with E-state index in [0.29, 0.717) is 25.8 Å². The van der Waals surface area contributed by atoms with E-state index in [0.717, 1.165) is 0 Å². The van der Waals surface area contributed by atoms with E-state index < -0.39 is 35.8 Å². The molecule has 154 valence electrons. The van der Waals surface area contributed by atoms with Gasteiger partial charge in [-0.05, 0) is 31.1 Å². The van der Waals surface area contributed by atoms with E-state index in [1.54, 1.807) is 19.3 Å². The Morgan fingerprint density at radius 1 is 1.15 bits per heavy atom. The lowest BCUT2D eigenvalue weighted by molar-refractivity contribution is -0.147. The smallest absolute Gasteiger partial charge is 0.326 e. The maximum absolute atomic E-state index is 13.0. The molecule has 1 fully saturated rings. The van der Waals surface area contributed by atoms with Crippen molar-refractivity contribution in [2.45, 2.75) is 65.5 Å². The van der Waals surface area contributed by atoms with E-state index in [9.17, 15) is 24.3 Å². The fourth-order valence-electron chi connectivity index (χ4n) is 3.41. The van der Waals surface area contributed by atoms with Crippen LogP contribution < -0.4 is 10.8 Å². The molecule has 27 heavy (non-hydrogen) atoms. The number of aliphatic carboxylic acids is 1. The molecule has 0 aromatic heterocycles. The van der Waals surface area contributed by atoms with Crippen LogP contribution in [0.5, 0.6) is 0 Å². The second-order valence-electron chi connectivity index (χ2n) is 7.82. The molecule has 9 nitrogen and oxygen atoms in total. The molecule has 4 N–H and O–H groups in total. The summed E-state index contributed by atoms with van der Waals surface area (Å²) in [4.78, 5) is 49.9. The summed E-state index contributed by atoms with van der Waals surface area (Å²) in [6, 6.07) is -1.77. The van der Waals surface area contributed by atoms with E-state index in [1.165, 1.54) is 4.90 Å². The number of rotatable bonds is 9. The largest absolute Gasteiger partial charge is 0.480 e. The summed E-state index contributed by atoms with van der Waals surface area (Å²) in [6.07, 6.45) is 1.36. The molecule has 1 aliphatic heterocycles. The fraction of sp³-hybridized carbons (Fsp3) is 0.778. The van der Waals surface area contributed by atoms with Crippen LogP contribution in [0, 0.1) is 17.8 Å². The highest BCUT2D eigenvalue weighted by Gasteiger charge is 2.39. The number of hydrogen-bond donors (Lipinski definition) is 4. The van der Waals surface area contributed by atoms with E-state index in [2.05, 4.69) is 5.32 Å². The van der Waals surface area contributed by atoms with Gasteiger partial charge in [-0.2, -0.15) is 0 Å². The van der Waals surface area contributed by atoms with Crippen molar-refractivity contribution in [1.29, 1.82) is 0 Å². The monoisotopic (exact) mass is 385 g/mol. The minimum atomic E-state index is -1.12. The number of carbonyl (C=O) groups excluding carboxylic acids is 3. The molecule has 0 bridgehead atoms. The normalized spacial score (nSPS) is 19.1. The first-order valence-corrected chi connectivity index (χ1v) is 9.35. The first-order valence-electron chi connectivity index (χ1n) is 9.35. The molecule has 0 aliphatic carbocycles. The van der Waals surface area contributed by atoms with Crippen LogP contribution in [0.25, 0.3) is 0 Å². The topological polar surface area (TPSA) is 136 Å². The fourth-order valence-corrected chi connectivity index (χ4v) is 3.41. The average Bonchev–Trinajstić information content (AvgIpc) is 3.06. The Hall–Kier alpha value is -2.16. The van der Waals surface area contributed by atoms with Gasteiger partial charge in [0.25, 0.3) is 0 Å². The molecule has 1 saturated heterocycles. The van der Waals surface area contributed by atoms with Crippen molar-refractivity contribution >= 4 is 23.7 Å². The second-order valence-corrected chi connectivity index (χ2v) is 7.82. The van der Waals surface area contributed by atoms with Gasteiger partial charge in [0.1, 0.15) is 12.1 Å². The molecule has 1 rings (SSSR count). The third kappa shape index (κ3) is 6.50. The average molecular weight is 385 g/mol. The maximum atomic E-state index is 13.0. The van der Waals surface area contributed by atoms with Gasteiger partial charge in [0.05, 0.1) is 0 Å². The van der Waals surface area contributed by atoms with Crippen molar-refractivity contribution in [3.63, 3.8) is 0 Å². The van der Waals surface area contributed by atoms with Crippen LogP contribution in [-0.4, -0.2) is 57.5 Å². The van der Waals surface area contributed by atoms with Crippen LogP contribution >= 0.6 is 0 Å². The van der Waals surface area contributed by atoms with Crippen LogP contribution in [-0.2, 0) is 19.2 Å². The molecule has 0 spiro atoms. The Bertz CT molecular complexity index is 563. The lowest BCUT2D eigenvalue weighted by Crippen LogP contribution is -2.53. The summed E-state index contributed by atoms with van der Waals surface area (Å²) in [5.41, 5.74) is 1.54. The maximum Gasteiger partial charge on any atom is 0.326 e. The van der Waals surface area contributed by atoms with Gasteiger partial charge in [-0.1, -0.05) is 27.7 Å². The standard InChI is InChI=1S/C18H31N3O6/c1-10(2)8-12(9-14(22)20-27)17(24)21-7-5-6-13(21)16(23)19-15(11(3)4)18(25)26/h10-13,15,27H,5-9H2,1-4H3,(H,19,23)(H,20,22)(H,25,26)/t12-,13-,15-/m1/s1. The van der Waals surface area contributed by atoms with Crippen LogP contribution in [0.1, 0.15) is 53.4 Å². The number of amides is 3. The van der Waals surface area contributed by atoms with E-state index >= 15 is 0 Å². The summed E-state index contributed by atoms with van der Waals surface area (Å²) in [6.45, 7) is 7.62. The lowest BCUT2D eigenvalue weighted by atomic mass is 9.92. The van der Waals surface area contributed by atoms with Crippen LogP contribution in [0.4, 0.5) is 0 Å². The van der Waals surface area contributed by atoms with Crippen molar-refractivity contribution in [2.24, 2.45) is 17.8 Å². The number of hydrogen-bond acceptors (Lipinski definition) is 5. The molecular weight excluding hydrogens is 354 g/mol. The number of carbonyl (C=O) groups is 4. The van der Waals surface area contributed by atoms with Gasteiger partial charge in [0.2, 0.25) is 17.7 Å². The van der Waals surface area contributed by atoms with Crippen molar-refractivity contribution in [2.75, 3.05) is 6.54 Å². The third-order valence-corrected chi connectivity index (χ3v) is 4.73. The molecule has 1 heterocycles. The van der Waals surface area contributed by atoms with Gasteiger partial charge in [0, 0.05) is 18.9 Å². The van der Waals surface area contributed by atoms with Gasteiger partial charge in [-0.15, -0.1) is 0 Å². The summed E-state index contributed by atoms with van der Waals surface area (Å²) >= 11 is 0. The Morgan fingerprint density at radius 3 is 2.26 bits per heavy atom. The first kappa shape index (κ1) is 22.9. The number of carboxylic acids is 1. The van der Waals surface area contributed by atoms with Gasteiger partial charge in [-0.25, -0.2) is 10.3 Å². The Balaban J connectivity index is 2.91. The zero-order valence-electron chi connectivity index (χ0n) is 16.4. The molecular formula is C18H31N3O6. The van der Waals surface area contributed by atoms with Gasteiger partial charge >= 0.3 is 5.97 Å². The number of hydroxylamine groups is 1. The summed E-state index contributed by atoms with van der Waals surface area (Å²) in [7, 11) is 0. The predicted molar refractivity (Wildman–Crippen MR) is 96.6 cm³/mol. The molecule has 0 unspecified atom stereocenters. The molecule has 3 amide bonds. The first-order chi connectivity index (χ1) is 12.6. The third-order valence-electron chi connectivity index (χ3n) is 4.73. The van der Waals surface area contributed by atoms with E-state index in [4.69, 9.17) is 5.21 Å². The summed E-state index contributed by atoms with van der Waals surface area (Å²) in [5, 5.41) is 20.5. The number of carboxylic acid groups (broad SMARTS) is 1. The van der Waals surface area contributed by atoms with Gasteiger partial charge in [0.15, 0.2) is 0 Å². The summed E-state index contributed by atoms with van der Waals surface area (Å²) in [5.74, 6) is -3.37. The number of nitrogens with one attached hydrogen (secondary N) is 2. The Labute approximate surface area is 159 Å². The predicted octanol–water partition coefficient (Wildman–Crippen LogP) is 0.761. The second kappa shape index (κ2) is 10.2. The van der Waals surface area contributed by atoms with Crippen molar-refractivity contribution in [3.05, 3.63) is 0 Å². The van der Waals surface area contributed by atoms with E-state index in [-0.39, 0.29) is 24.2 Å². The SMILES string of the molecule is CC(C)C[C@H](CC(=O)NO)C(=O)N1CCC[C@@H]1C(=O)N[C@@H](C(=O)O)C(C)C. The Morgan fingerprint density at radius 2 is 1.78 bits per heavy atom. The van der Waals surface area contributed by atoms with Crippen molar-refractivity contribution in [1.82, 2.24) is 15.7 Å². The molecule has 0 aromatic rings. The number of likely N-dealkylation sites (tertiary alicyclic amines) is 1. The number of nitrogens with zero attached hydrogens (tertiary/aromatic N) is 1. The minimum Gasteiger partial charge on any atom is -0.480 e. The zero-order chi connectivity index (χ0) is 20.7. The molecule has 9 heteroatoms. The van der Waals surface area contributed by atoms with Crippen molar-refractivity contribution < 1.29 is 29.5 Å². The minimum absolute atomic E-state index is 0.151. The van der Waals surface area contributed by atoms with Gasteiger partial charge < -0.3 is 15.3 Å². The molecule has 1 aliphatic rings. The highest BCUT2D eigenvalue weighted by Crippen LogP contribution is 2.25. The highest BCUT2D eigenvalue weighted by atomic mass is 16.5.